The van der Waals surface area contributed by atoms with Crippen molar-refractivity contribution in [2.75, 3.05) is 0 Å². The second-order valence-electron chi connectivity index (χ2n) is 15.2. The van der Waals surface area contributed by atoms with E-state index in [0.717, 1.165) is 88.1 Å². The van der Waals surface area contributed by atoms with Gasteiger partial charge in [-0.2, -0.15) is 0 Å². The van der Waals surface area contributed by atoms with E-state index in [-0.39, 0.29) is 0 Å². The highest BCUT2D eigenvalue weighted by molar-refractivity contribution is 6.20. The molecule has 0 fully saturated rings. The maximum absolute atomic E-state index is 6.94. The second kappa shape index (κ2) is 12.2. The fraction of sp³-hybridized carbons (Fsp3) is 0. The Bertz CT molecular complexity index is 3870. The summed E-state index contributed by atoms with van der Waals surface area (Å²) in [6, 6.07) is 63.3. The number of hydrogen-bond acceptors (Lipinski definition) is 5. The van der Waals surface area contributed by atoms with Crippen molar-refractivity contribution in [3.8, 4) is 39.9 Å². The zero-order valence-electron chi connectivity index (χ0n) is 31.4. The quantitative estimate of drug-likeness (QED) is 0.179. The second-order valence-corrected chi connectivity index (χ2v) is 15.2. The number of rotatable bonds is 4. The number of hydrogen-bond donors (Lipinski definition) is 0. The molecule has 0 amide bonds. The highest BCUT2D eigenvalue weighted by Crippen LogP contribution is 2.42. The summed E-state index contributed by atoms with van der Waals surface area (Å²) in [5, 5.41) is 11.2. The number of nitrogens with zero attached hydrogens (tertiary/aromatic N) is 4. The van der Waals surface area contributed by atoms with Crippen LogP contribution in [0, 0.1) is 0 Å². The van der Waals surface area contributed by atoms with E-state index < -0.39 is 0 Å². The van der Waals surface area contributed by atoms with E-state index >= 15 is 0 Å². The first-order valence-electron chi connectivity index (χ1n) is 19.8. The van der Waals surface area contributed by atoms with Gasteiger partial charge in [0.25, 0.3) is 0 Å². The van der Waals surface area contributed by atoms with Crippen LogP contribution < -0.4 is 0 Å². The third kappa shape index (κ3) is 4.77. The first-order valence-corrected chi connectivity index (χ1v) is 19.8. The maximum Gasteiger partial charge on any atom is 0.167 e. The van der Waals surface area contributed by atoms with Crippen molar-refractivity contribution in [3.05, 3.63) is 182 Å². The van der Waals surface area contributed by atoms with Crippen LogP contribution in [0.15, 0.2) is 191 Å². The lowest BCUT2D eigenvalue weighted by molar-refractivity contribution is 0.666. The van der Waals surface area contributed by atoms with E-state index in [1.807, 2.05) is 30.3 Å². The van der Waals surface area contributed by atoms with Crippen molar-refractivity contribution >= 4 is 87.2 Å². The molecule has 13 aromatic rings. The van der Waals surface area contributed by atoms with Crippen LogP contribution in [0.1, 0.15) is 0 Å². The molecule has 6 heteroatoms. The minimum absolute atomic E-state index is 0.536. The smallest absolute Gasteiger partial charge is 0.167 e. The molecule has 13 rings (SSSR count). The average Bonchev–Trinajstić information content (AvgIpc) is 3.98. The summed E-state index contributed by atoms with van der Waals surface area (Å²) in [5.74, 6) is 1.66. The normalized spacial score (nSPS) is 12.1. The van der Waals surface area contributed by atoms with E-state index in [4.69, 9.17) is 23.8 Å². The number of benzene rings is 9. The highest BCUT2D eigenvalue weighted by atomic mass is 16.3. The summed E-state index contributed by atoms with van der Waals surface area (Å²) >= 11 is 0. The maximum atomic E-state index is 6.94. The van der Waals surface area contributed by atoms with Crippen molar-refractivity contribution in [3.63, 3.8) is 0 Å². The van der Waals surface area contributed by atoms with Crippen molar-refractivity contribution in [2.24, 2.45) is 0 Å². The topological polar surface area (TPSA) is 69.9 Å². The molecular formula is C53H30N4O2. The van der Waals surface area contributed by atoms with Gasteiger partial charge in [-0.3, -0.25) is 0 Å². The van der Waals surface area contributed by atoms with Gasteiger partial charge in [0.05, 0.1) is 22.3 Å². The molecule has 6 nitrogen and oxygen atoms in total. The summed E-state index contributed by atoms with van der Waals surface area (Å²) in [6.45, 7) is 0. The molecule has 9 aromatic carbocycles. The monoisotopic (exact) mass is 754 g/mol. The average molecular weight is 755 g/mol. The first kappa shape index (κ1) is 32.0. The van der Waals surface area contributed by atoms with Crippen molar-refractivity contribution in [1.82, 2.24) is 19.5 Å². The molecule has 0 saturated carbocycles. The Morgan fingerprint density at radius 1 is 0.356 bits per heavy atom. The van der Waals surface area contributed by atoms with Gasteiger partial charge in [-0.05, 0) is 58.6 Å². The van der Waals surface area contributed by atoms with Crippen LogP contribution in [0.2, 0.25) is 0 Å². The number of aromatic nitrogens is 4. The van der Waals surface area contributed by atoms with Gasteiger partial charge in [-0.1, -0.05) is 140 Å². The molecule has 0 bridgehead atoms. The Morgan fingerprint density at radius 2 is 0.949 bits per heavy atom. The molecule has 4 heterocycles. The summed E-state index contributed by atoms with van der Waals surface area (Å²) in [5.41, 5.74) is 8.95. The molecule has 59 heavy (non-hydrogen) atoms. The van der Waals surface area contributed by atoms with Crippen LogP contribution in [0.4, 0.5) is 0 Å². The Balaban J connectivity index is 1.03. The molecular weight excluding hydrogens is 725 g/mol. The molecule has 0 spiro atoms. The van der Waals surface area contributed by atoms with Gasteiger partial charge in [0.15, 0.2) is 23.1 Å². The fourth-order valence-electron chi connectivity index (χ4n) is 9.09. The van der Waals surface area contributed by atoms with Crippen LogP contribution in [0.25, 0.3) is 127 Å². The summed E-state index contributed by atoms with van der Waals surface area (Å²) in [6.07, 6.45) is 0. The van der Waals surface area contributed by atoms with E-state index in [9.17, 15) is 0 Å². The summed E-state index contributed by atoms with van der Waals surface area (Å²) in [4.78, 5) is 15.4. The minimum atomic E-state index is 0.536. The SMILES string of the molecule is c1ccc2cc(-c3nc(-c4ccc5c(c4)oc4c(-n6c7ccccc7c7ccc8ccccc8c76)cccc45)nc(-c4cccc5c4oc4ccccc45)n3)ccc2c1. The van der Waals surface area contributed by atoms with Gasteiger partial charge in [0, 0.05) is 48.8 Å². The van der Waals surface area contributed by atoms with Gasteiger partial charge in [0.2, 0.25) is 0 Å². The molecule has 4 aromatic heterocycles. The van der Waals surface area contributed by atoms with E-state index in [0.29, 0.717) is 17.5 Å². The minimum Gasteiger partial charge on any atom is -0.455 e. The lowest BCUT2D eigenvalue weighted by Crippen LogP contribution is -2.00. The standard InChI is InChI=1S/C53H30N4O2/c1-2-13-33-29-34(24-23-31(33)11-1)51-54-52(56-53(55-51)43-19-9-17-41-38-16-6-8-22-46(38)58-49(41)43)35-26-27-39-42-18-10-21-45(50(42)59-47(39)30-35)57-44-20-7-5-15-37(44)40-28-25-32-12-3-4-14-36(32)48(40)57/h1-30H. The fourth-order valence-corrected chi connectivity index (χ4v) is 9.09. The molecule has 0 radical (unpaired) electrons. The van der Waals surface area contributed by atoms with Crippen LogP contribution in [0.5, 0.6) is 0 Å². The Kier molecular flexibility index (Phi) is 6.63. The molecule has 0 aliphatic rings. The predicted molar refractivity (Wildman–Crippen MR) is 240 cm³/mol. The molecule has 0 N–H and O–H groups in total. The molecule has 0 aliphatic carbocycles. The van der Waals surface area contributed by atoms with Gasteiger partial charge >= 0.3 is 0 Å². The zero-order chi connectivity index (χ0) is 38.6. The summed E-state index contributed by atoms with van der Waals surface area (Å²) < 4.78 is 15.8. The van der Waals surface area contributed by atoms with E-state index in [1.165, 1.54) is 21.5 Å². The third-order valence-electron chi connectivity index (χ3n) is 11.8. The molecule has 0 aliphatic heterocycles. The van der Waals surface area contributed by atoms with Crippen LogP contribution >= 0.6 is 0 Å². The van der Waals surface area contributed by atoms with Gasteiger partial charge in [-0.25, -0.2) is 15.0 Å². The third-order valence-corrected chi connectivity index (χ3v) is 11.8. The molecule has 0 unspecified atom stereocenters. The number of furan rings is 2. The molecule has 0 saturated heterocycles. The Labute approximate surface area is 336 Å². The number of para-hydroxylation sites is 4. The van der Waals surface area contributed by atoms with Crippen LogP contribution in [0.3, 0.4) is 0 Å². The van der Waals surface area contributed by atoms with Crippen molar-refractivity contribution in [1.29, 1.82) is 0 Å². The van der Waals surface area contributed by atoms with Crippen molar-refractivity contribution in [2.45, 2.75) is 0 Å². The predicted octanol–water partition coefficient (Wildman–Crippen LogP) is 14.1. The first-order chi connectivity index (χ1) is 29.2. The zero-order valence-corrected chi connectivity index (χ0v) is 31.4. The van der Waals surface area contributed by atoms with E-state index in [1.54, 1.807) is 0 Å². The lowest BCUT2D eigenvalue weighted by atomic mass is 10.1. The van der Waals surface area contributed by atoms with E-state index in [2.05, 4.69) is 156 Å². The van der Waals surface area contributed by atoms with Gasteiger partial charge in [-0.15, -0.1) is 0 Å². The Hall–Kier alpha value is -8.09. The summed E-state index contributed by atoms with van der Waals surface area (Å²) in [7, 11) is 0. The van der Waals surface area contributed by atoms with Crippen molar-refractivity contribution < 1.29 is 8.83 Å². The van der Waals surface area contributed by atoms with Gasteiger partial charge < -0.3 is 13.4 Å². The van der Waals surface area contributed by atoms with Gasteiger partial charge in [0.1, 0.15) is 16.7 Å². The van der Waals surface area contributed by atoms with Crippen LogP contribution in [-0.4, -0.2) is 19.5 Å². The molecule has 0 atom stereocenters. The number of fused-ring (bicyclic) bond motifs is 12. The highest BCUT2D eigenvalue weighted by Gasteiger charge is 2.21. The van der Waals surface area contributed by atoms with Crippen LogP contribution in [-0.2, 0) is 0 Å². The molecule has 274 valence electrons. The Morgan fingerprint density at radius 3 is 1.83 bits per heavy atom. The largest absolute Gasteiger partial charge is 0.455 e. The lowest BCUT2D eigenvalue weighted by Gasteiger charge is -2.10.